The Morgan fingerprint density at radius 3 is 2.73 bits per heavy atom. The highest BCUT2D eigenvalue weighted by Gasteiger charge is 2.30. The van der Waals surface area contributed by atoms with Gasteiger partial charge in [-0.1, -0.05) is 23.8 Å². The lowest BCUT2D eigenvalue weighted by Gasteiger charge is -2.35. The predicted octanol–water partition coefficient (Wildman–Crippen LogP) is 3.78. The number of carbonyl (C=O) groups excluding carboxylic acids is 1. The summed E-state index contributed by atoms with van der Waals surface area (Å²) in [5, 5.41) is 1.09. The van der Waals surface area contributed by atoms with Crippen molar-refractivity contribution in [2.75, 3.05) is 38.7 Å². The molecule has 1 saturated carbocycles. The third-order valence-electron chi connectivity index (χ3n) is 5.84. The average molecular weight is 374 g/mol. The molecule has 2 aliphatic rings. The second-order valence-corrected chi connectivity index (χ2v) is 8.59. The van der Waals surface area contributed by atoms with Crippen molar-refractivity contribution >= 4 is 32.6 Å². The first-order chi connectivity index (χ1) is 12.7. The molecular formula is C20H27N3O2S. The molecule has 0 N–H and O–H groups in total. The van der Waals surface area contributed by atoms with Gasteiger partial charge in [-0.05, 0) is 43.7 Å². The molecule has 0 atom stereocenters. The van der Waals surface area contributed by atoms with Crippen LogP contribution in [0.2, 0.25) is 0 Å². The van der Waals surface area contributed by atoms with Crippen molar-refractivity contribution in [1.29, 1.82) is 0 Å². The zero-order valence-electron chi connectivity index (χ0n) is 15.6. The number of hydrogen-bond donors (Lipinski definition) is 0. The lowest BCUT2D eigenvalue weighted by atomic mass is 9.84. The molecule has 1 aliphatic carbocycles. The molecule has 1 aliphatic heterocycles. The van der Waals surface area contributed by atoms with Crippen molar-refractivity contribution in [3.8, 4) is 5.75 Å². The van der Waals surface area contributed by atoms with Gasteiger partial charge >= 0.3 is 0 Å². The minimum Gasteiger partial charge on any atom is -0.494 e. The number of piperidine rings is 1. The van der Waals surface area contributed by atoms with E-state index in [1.54, 1.807) is 18.4 Å². The molecule has 1 aromatic heterocycles. The van der Waals surface area contributed by atoms with Gasteiger partial charge in [-0.15, -0.1) is 0 Å². The van der Waals surface area contributed by atoms with Gasteiger partial charge in [-0.2, -0.15) is 0 Å². The van der Waals surface area contributed by atoms with Gasteiger partial charge in [-0.3, -0.25) is 4.79 Å². The van der Waals surface area contributed by atoms with E-state index in [1.807, 2.05) is 24.1 Å². The summed E-state index contributed by atoms with van der Waals surface area (Å²) in [5.41, 5.74) is 0.961. The number of carbonyl (C=O) groups is 1. The first-order valence-corrected chi connectivity index (χ1v) is 10.4. The van der Waals surface area contributed by atoms with Gasteiger partial charge < -0.3 is 14.5 Å². The quantitative estimate of drug-likeness (QED) is 0.800. The van der Waals surface area contributed by atoms with E-state index in [4.69, 9.17) is 9.72 Å². The fourth-order valence-corrected chi connectivity index (χ4v) is 5.00. The molecule has 1 saturated heterocycles. The molecule has 6 heteroatoms. The monoisotopic (exact) mass is 373 g/mol. The van der Waals surface area contributed by atoms with Crippen LogP contribution in [-0.4, -0.2) is 49.6 Å². The molecule has 140 valence electrons. The van der Waals surface area contributed by atoms with E-state index in [9.17, 15) is 4.79 Å². The van der Waals surface area contributed by atoms with Crippen LogP contribution in [0.25, 0.3) is 10.2 Å². The molecule has 5 nitrogen and oxygen atoms in total. The molecule has 0 bridgehead atoms. The number of benzene rings is 1. The van der Waals surface area contributed by atoms with E-state index in [0.717, 1.165) is 61.7 Å². The molecule has 26 heavy (non-hydrogen) atoms. The number of fused-ring (bicyclic) bond motifs is 1. The molecular weight excluding hydrogens is 346 g/mol. The Kier molecular flexibility index (Phi) is 5.02. The van der Waals surface area contributed by atoms with E-state index in [1.165, 1.54) is 11.1 Å². The smallest absolute Gasteiger partial charge is 0.225 e. The predicted molar refractivity (Wildman–Crippen MR) is 106 cm³/mol. The summed E-state index contributed by atoms with van der Waals surface area (Å²) in [4.78, 5) is 21.5. The Labute approximate surface area is 159 Å². The number of thiazole rings is 1. The second kappa shape index (κ2) is 7.43. The third-order valence-corrected chi connectivity index (χ3v) is 6.92. The van der Waals surface area contributed by atoms with Gasteiger partial charge in [0.25, 0.3) is 0 Å². The fraction of sp³-hybridized carbons (Fsp3) is 0.600. The highest BCUT2D eigenvalue weighted by Crippen LogP contribution is 2.35. The van der Waals surface area contributed by atoms with Crippen LogP contribution in [0.1, 0.15) is 32.1 Å². The Bertz CT molecular complexity index is 778. The van der Waals surface area contributed by atoms with E-state index in [0.29, 0.717) is 17.7 Å². The number of aromatic nitrogens is 1. The molecule has 0 unspecified atom stereocenters. The lowest BCUT2D eigenvalue weighted by molar-refractivity contribution is -0.137. The van der Waals surface area contributed by atoms with Gasteiger partial charge in [0.05, 0.1) is 11.8 Å². The van der Waals surface area contributed by atoms with E-state index in [-0.39, 0.29) is 0 Å². The lowest BCUT2D eigenvalue weighted by Crippen LogP contribution is -2.42. The van der Waals surface area contributed by atoms with Crippen LogP contribution in [0.3, 0.4) is 0 Å². The molecule has 0 spiro atoms. The van der Waals surface area contributed by atoms with E-state index >= 15 is 0 Å². The number of ether oxygens (including phenoxy) is 1. The summed E-state index contributed by atoms with van der Waals surface area (Å²) in [7, 11) is 3.67. The van der Waals surface area contributed by atoms with Crippen LogP contribution in [0, 0.1) is 11.8 Å². The summed E-state index contributed by atoms with van der Waals surface area (Å²) in [5.74, 6) is 2.11. The van der Waals surface area contributed by atoms with Crippen molar-refractivity contribution < 1.29 is 9.53 Å². The normalized spacial score (nSPS) is 18.8. The molecule has 2 fully saturated rings. The molecule has 2 aromatic rings. The van der Waals surface area contributed by atoms with Crippen LogP contribution >= 0.6 is 11.3 Å². The molecule has 1 amide bonds. The SMILES string of the molecule is COc1cccc2sc(N3CCC(CN(C)C(=O)C4CCC4)CC3)nc12. The maximum absolute atomic E-state index is 12.3. The van der Waals surface area contributed by atoms with Crippen LogP contribution in [-0.2, 0) is 4.79 Å². The molecule has 0 radical (unpaired) electrons. The number of anilines is 1. The first kappa shape index (κ1) is 17.6. The van der Waals surface area contributed by atoms with Crippen molar-refractivity contribution in [2.24, 2.45) is 11.8 Å². The fourth-order valence-electron chi connectivity index (χ4n) is 3.96. The number of nitrogens with zero attached hydrogens (tertiary/aromatic N) is 3. The second-order valence-electron chi connectivity index (χ2n) is 7.58. The highest BCUT2D eigenvalue weighted by molar-refractivity contribution is 7.22. The number of amides is 1. The zero-order valence-corrected chi connectivity index (χ0v) is 16.4. The summed E-state index contributed by atoms with van der Waals surface area (Å²) < 4.78 is 6.61. The topological polar surface area (TPSA) is 45.7 Å². The van der Waals surface area contributed by atoms with Gasteiger partial charge in [0.2, 0.25) is 5.91 Å². The van der Waals surface area contributed by atoms with Crippen molar-refractivity contribution in [2.45, 2.75) is 32.1 Å². The Hall–Kier alpha value is -1.82. The highest BCUT2D eigenvalue weighted by atomic mass is 32.1. The Balaban J connectivity index is 1.35. The zero-order chi connectivity index (χ0) is 18.1. The maximum Gasteiger partial charge on any atom is 0.225 e. The van der Waals surface area contributed by atoms with Crippen molar-refractivity contribution in [3.05, 3.63) is 18.2 Å². The minimum absolute atomic E-state index is 0.304. The van der Waals surface area contributed by atoms with E-state index < -0.39 is 0 Å². The van der Waals surface area contributed by atoms with Crippen LogP contribution in [0.4, 0.5) is 5.13 Å². The number of para-hydroxylation sites is 1. The number of rotatable bonds is 5. The number of methoxy groups -OCH3 is 1. The maximum atomic E-state index is 12.3. The Morgan fingerprint density at radius 1 is 1.31 bits per heavy atom. The standard InChI is InChI=1S/C20H27N3O2S/c1-22(19(24)15-5-3-6-15)13-14-9-11-23(12-10-14)20-21-18-16(25-2)7-4-8-17(18)26-20/h4,7-8,14-15H,3,5-6,9-13H2,1-2H3. The van der Waals surface area contributed by atoms with Crippen LogP contribution in [0.5, 0.6) is 5.75 Å². The molecule has 4 rings (SSSR count). The van der Waals surface area contributed by atoms with Gasteiger partial charge in [0.15, 0.2) is 5.13 Å². The van der Waals surface area contributed by atoms with Crippen LogP contribution in [0.15, 0.2) is 18.2 Å². The van der Waals surface area contributed by atoms with Gasteiger partial charge in [0.1, 0.15) is 11.3 Å². The van der Waals surface area contributed by atoms with Gasteiger partial charge in [-0.25, -0.2) is 4.98 Å². The first-order valence-electron chi connectivity index (χ1n) is 9.59. The summed E-state index contributed by atoms with van der Waals surface area (Å²) in [6.45, 7) is 2.92. The average Bonchev–Trinajstić information content (AvgIpc) is 3.05. The summed E-state index contributed by atoms with van der Waals surface area (Å²) in [6.07, 6.45) is 5.63. The number of hydrogen-bond acceptors (Lipinski definition) is 5. The largest absolute Gasteiger partial charge is 0.494 e. The van der Waals surface area contributed by atoms with Gasteiger partial charge in [0, 0.05) is 32.6 Å². The minimum atomic E-state index is 0.304. The summed E-state index contributed by atoms with van der Waals surface area (Å²) >= 11 is 1.74. The molecule has 2 heterocycles. The molecule has 1 aromatic carbocycles. The van der Waals surface area contributed by atoms with Crippen LogP contribution < -0.4 is 9.64 Å². The third kappa shape index (κ3) is 3.39. The Morgan fingerprint density at radius 2 is 2.08 bits per heavy atom. The van der Waals surface area contributed by atoms with Crippen molar-refractivity contribution in [1.82, 2.24) is 9.88 Å². The van der Waals surface area contributed by atoms with Crippen molar-refractivity contribution in [3.63, 3.8) is 0 Å². The summed E-state index contributed by atoms with van der Waals surface area (Å²) in [6, 6.07) is 6.09. The van der Waals surface area contributed by atoms with E-state index in [2.05, 4.69) is 11.0 Å².